The Morgan fingerprint density at radius 3 is 2.74 bits per heavy atom. The predicted octanol–water partition coefficient (Wildman–Crippen LogP) is 3.36. The molecule has 0 radical (unpaired) electrons. The predicted molar refractivity (Wildman–Crippen MR) is 91.4 cm³/mol. The fourth-order valence-electron chi connectivity index (χ4n) is 3.42. The number of aromatic nitrogens is 2. The molecule has 1 N–H and O–H groups in total. The average molecular weight is 311 g/mol. The first-order chi connectivity index (χ1) is 11.1. The van der Waals surface area contributed by atoms with Gasteiger partial charge in [0, 0.05) is 18.4 Å². The molecule has 0 saturated heterocycles. The molecule has 3 rings (SSSR count). The van der Waals surface area contributed by atoms with Crippen LogP contribution in [-0.4, -0.2) is 21.7 Å². The smallest absolute Gasteiger partial charge is 0.224 e. The van der Waals surface area contributed by atoms with Gasteiger partial charge in [-0.05, 0) is 42.0 Å². The zero-order chi connectivity index (χ0) is 16.2. The third-order valence-corrected chi connectivity index (χ3v) is 5.12. The number of benzene rings is 1. The molecule has 1 saturated carbocycles. The van der Waals surface area contributed by atoms with Crippen molar-refractivity contribution in [1.82, 2.24) is 15.1 Å². The Bertz CT molecular complexity index is 633. The van der Waals surface area contributed by atoms with Crippen LogP contribution in [0.4, 0.5) is 0 Å². The molecule has 0 spiro atoms. The molecule has 4 heteroatoms. The molecule has 4 nitrogen and oxygen atoms in total. The van der Waals surface area contributed by atoms with Crippen molar-refractivity contribution in [2.45, 2.75) is 45.6 Å². The number of carbonyl (C=O) groups is 1. The summed E-state index contributed by atoms with van der Waals surface area (Å²) in [5, 5.41) is 7.44. The summed E-state index contributed by atoms with van der Waals surface area (Å²) >= 11 is 0. The number of hydrogen-bond acceptors (Lipinski definition) is 2. The Hall–Kier alpha value is -2.10. The van der Waals surface area contributed by atoms with Crippen molar-refractivity contribution < 1.29 is 4.79 Å². The first-order valence-electron chi connectivity index (χ1n) is 8.52. The van der Waals surface area contributed by atoms with Crippen LogP contribution in [0.1, 0.15) is 38.7 Å². The maximum absolute atomic E-state index is 12.3. The van der Waals surface area contributed by atoms with Crippen molar-refractivity contribution >= 4 is 5.91 Å². The topological polar surface area (TPSA) is 46.9 Å². The van der Waals surface area contributed by atoms with Gasteiger partial charge >= 0.3 is 0 Å². The largest absolute Gasteiger partial charge is 0.353 e. The van der Waals surface area contributed by atoms with Crippen LogP contribution in [-0.2, 0) is 11.2 Å². The van der Waals surface area contributed by atoms with E-state index in [-0.39, 0.29) is 5.91 Å². The number of carbonyl (C=O) groups excluding carboxylic acids is 1. The van der Waals surface area contributed by atoms with Gasteiger partial charge in [-0.25, -0.2) is 4.68 Å². The molecule has 23 heavy (non-hydrogen) atoms. The van der Waals surface area contributed by atoms with E-state index in [4.69, 9.17) is 0 Å². The Labute approximate surface area is 137 Å². The first kappa shape index (κ1) is 15.8. The summed E-state index contributed by atoms with van der Waals surface area (Å²) in [4.78, 5) is 12.3. The highest BCUT2D eigenvalue weighted by molar-refractivity contribution is 5.79. The highest BCUT2D eigenvalue weighted by Crippen LogP contribution is 2.29. The summed E-state index contributed by atoms with van der Waals surface area (Å²) in [7, 11) is 0. The lowest BCUT2D eigenvalue weighted by Gasteiger charge is -2.34. The van der Waals surface area contributed by atoms with Gasteiger partial charge in [-0.1, -0.05) is 38.8 Å². The fraction of sp³-hybridized carbons (Fsp3) is 0.474. The first-order valence-corrected chi connectivity index (χ1v) is 8.52. The van der Waals surface area contributed by atoms with Gasteiger partial charge in [0.05, 0.1) is 12.1 Å². The van der Waals surface area contributed by atoms with Crippen molar-refractivity contribution in [2.75, 3.05) is 0 Å². The van der Waals surface area contributed by atoms with Crippen molar-refractivity contribution in [3.8, 4) is 5.69 Å². The van der Waals surface area contributed by atoms with Crippen LogP contribution in [0.2, 0.25) is 0 Å². The molecule has 3 unspecified atom stereocenters. The summed E-state index contributed by atoms with van der Waals surface area (Å²) in [6, 6.07) is 10.2. The molecule has 1 fully saturated rings. The van der Waals surface area contributed by atoms with E-state index in [1.54, 1.807) is 6.20 Å². The standard InChI is InChI=1S/C19H25N3O/c1-14-5-3-6-18(15(14)2)21-19(23)13-16-7-9-17(10-8-16)22-12-4-11-20-22/h4,7-12,14-15,18H,3,5-6,13H2,1-2H3,(H,21,23). The van der Waals surface area contributed by atoms with Crippen LogP contribution in [0.25, 0.3) is 5.69 Å². The molecular weight excluding hydrogens is 286 g/mol. The number of hydrogen-bond donors (Lipinski definition) is 1. The third-order valence-electron chi connectivity index (χ3n) is 5.12. The van der Waals surface area contributed by atoms with E-state index in [2.05, 4.69) is 24.3 Å². The summed E-state index contributed by atoms with van der Waals surface area (Å²) in [5.74, 6) is 1.39. The SMILES string of the molecule is CC1CCCC(NC(=O)Cc2ccc(-n3cccn3)cc2)C1C. The average Bonchev–Trinajstić information content (AvgIpc) is 3.07. The van der Waals surface area contributed by atoms with E-state index >= 15 is 0 Å². The van der Waals surface area contributed by atoms with Gasteiger partial charge in [0.15, 0.2) is 0 Å². The molecule has 1 amide bonds. The van der Waals surface area contributed by atoms with Crippen LogP contribution >= 0.6 is 0 Å². The normalized spacial score (nSPS) is 24.3. The highest BCUT2D eigenvalue weighted by Gasteiger charge is 2.27. The van der Waals surface area contributed by atoms with Gasteiger partial charge in [0.1, 0.15) is 0 Å². The van der Waals surface area contributed by atoms with Crippen LogP contribution in [0, 0.1) is 11.8 Å². The molecule has 3 atom stereocenters. The molecule has 1 aromatic heterocycles. The molecule has 0 bridgehead atoms. The zero-order valence-electron chi connectivity index (χ0n) is 13.9. The molecule has 1 aliphatic rings. The summed E-state index contributed by atoms with van der Waals surface area (Å²) in [6.07, 6.45) is 7.71. The van der Waals surface area contributed by atoms with Crippen molar-refractivity contribution in [2.24, 2.45) is 11.8 Å². The number of amides is 1. The van der Waals surface area contributed by atoms with E-state index in [9.17, 15) is 4.79 Å². The Morgan fingerprint density at radius 1 is 1.26 bits per heavy atom. The van der Waals surface area contributed by atoms with E-state index in [0.29, 0.717) is 24.3 Å². The van der Waals surface area contributed by atoms with Crippen molar-refractivity contribution in [1.29, 1.82) is 0 Å². The Balaban J connectivity index is 1.57. The molecule has 1 heterocycles. The van der Waals surface area contributed by atoms with Gasteiger partial charge in [0.25, 0.3) is 0 Å². The van der Waals surface area contributed by atoms with Gasteiger partial charge < -0.3 is 5.32 Å². The molecule has 2 aromatic rings. The number of rotatable bonds is 4. The maximum Gasteiger partial charge on any atom is 0.224 e. The van der Waals surface area contributed by atoms with Gasteiger partial charge in [0.2, 0.25) is 5.91 Å². The monoisotopic (exact) mass is 311 g/mol. The van der Waals surface area contributed by atoms with E-state index in [1.807, 2.05) is 41.2 Å². The maximum atomic E-state index is 12.3. The van der Waals surface area contributed by atoms with Crippen LogP contribution in [0.5, 0.6) is 0 Å². The quantitative estimate of drug-likeness (QED) is 0.941. The Kier molecular flexibility index (Phi) is 4.79. The molecule has 0 aliphatic heterocycles. The molecular formula is C19H25N3O. The molecule has 1 aliphatic carbocycles. The van der Waals surface area contributed by atoms with Gasteiger partial charge in [-0.3, -0.25) is 4.79 Å². The second-order valence-corrected chi connectivity index (χ2v) is 6.74. The van der Waals surface area contributed by atoms with Crippen molar-refractivity contribution in [3.63, 3.8) is 0 Å². The summed E-state index contributed by atoms with van der Waals surface area (Å²) in [5.41, 5.74) is 2.05. The Morgan fingerprint density at radius 2 is 2.04 bits per heavy atom. The van der Waals surface area contributed by atoms with Crippen LogP contribution < -0.4 is 5.32 Å². The molecule has 1 aromatic carbocycles. The van der Waals surface area contributed by atoms with Gasteiger partial charge in [-0.2, -0.15) is 5.10 Å². The third kappa shape index (κ3) is 3.81. The molecule has 122 valence electrons. The lowest BCUT2D eigenvalue weighted by Crippen LogP contribution is -2.44. The van der Waals surface area contributed by atoms with E-state index in [1.165, 1.54) is 12.8 Å². The van der Waals surface area contributed by atoms with Gasteiger partial charge in [-0.15, -0.1) is 0 Å². The second kappa shape index (κ2) is 6.99. The van der Waals surface area contributed by atoms with Crippen LogP contribution in [0.3, 0.4) is 0 Å². The number of nitrogens with one attached hydrogen (secondary N) is 1. The van der Waals surface area contributed by atoms with Crippen molar-refractivity contribution in [3.05, 3.63) is 48.3 Å². The lowest BCUT2D eigenvalue weighted by atomic mass is 9.78. The minimum absolute atomic E-state index is 0.128. The highest BCUT2D eigenvalue weighted by atomic mass is 16.1. The minimum Gasteiger partial charge on any atom is -0.353 e. The second-order valence-electron chi connectivity index (χ2n) is 6.74. The summed E-state index contributed by atoms with van der Waals surface area (Å²) in [6.45, 7) is 4.55. The van der Waals surface area contributed by atoms with Crippen LogP contribution in [0.15, 0.2) is 42.7 Å². The fourth-order valence-corrected chi connectivity index (χ4v) is 3.42. The lowest BCUT2D eigenvalue weighted by molar-refractivity contribution is -0.121. The number of nitrogens with zero attached hydrogens (tertiary/aromatic N) is 2. The van der Waals surface area contributed by atoms with E-state index in [0.717, 1.165) is 17.7 Å². The van der Waals surface area contributed by atoms with E-state index < -0.39 is 0 Å². The minimum atomic E-state index is 0.128. The summed E-state index contributed by atoms with van der Waals surface area (Å²) < 4.78 is 1.81. The zero-order valence-corrected chi connectivity index (χ0v) is 13.9.